The largest absolute Gasteiger partial charge is 0.486 e. The molecule has 2 aromatic carbocycles. The lowest BCUT2D eigenvalue weighted by atomic mass is 10.2. The minimum absolute atomic E-state index is 0.140. The van der Waals surface area contributed by atoms with Crippen LogP contribution in [0.4, 0.5) is 5.69 Å². The Morgan fingerprint density at radius 3 is 2.58 bits per heavy atom. The van der Waals surface area contributed by atoms with Gasteiger partial charge in [0.1, 0.15) is 13.2 Å². The molecule has 2 aromatic rings. The van der Waals surface area contributed by atoms with Crippen LogP contribution in [0.1, 0.15) is 18.4 Å². The highest BCUT2D eigenvalue weighted by Gasteiger charge is 2.21. The summed E-state index contributed by atoms with van der Waals surface area (Å²) in [6.07, 6.45) is 1.75. The zero-order valence-electron chi connectivity index (χ0n) is 17.6. The minimum atomic E-state index is -3.51. The summed E-state index contributed by atoms with van der Waals surface area (Å²) < 4.78 is 42.4. The van der Waals surface area contributed by atoms with E-state index in [2.05, 4.69) is 5.32 Å². The normalized spacial score (nSPS) is 12.9. The Morgan fingerprint density at radius 2 is 1.84 bits per heavy atom. The molecule has 168 valence electrons. The number of hydrogen-bond donors (Lipinski definition) is 1. The fourth-order valence-corrected chi connectivity index (χ4v) is 4.13. The van der Waals surface area contributed by atoms with Gasteiger partial charge in [-0.1, -0.05) is 30.3 Å². The molecule has 0 spiro atoms. The molecule has 0 saturated heterocycles. The molecule has 0 atom stereocenters. The van der Waals surface area contributed by atoms with Crippen LogP contribution in [0.2, 0.25) is 0 Å². The maximum absolute atomic E-state index is 12.3. The van der Waals surface area contributed by atoms with Gasteiger partial charge >= 0.3 is 0 Å². The standard InChI is InChI=1S/C22H28N2O6S/c1-31(26,27)24(19-9-10-20-21(16-19)30-15-14-29-20)12-5-8-22(25)23-11-13-28-17-18-6-3-2-4-7-18/h2-4,6-7,9-10,16H,5,8,11-15,17H2,1H3,(H,23,25). The Morgan fingerprint density at radius 1 is 1.10 bits per heavy atom. The van der Waals surface area contributed by atoms with Crippen molar-refractivity contribution in [2.75, 3.05) is 43.5 Å². The van der Waals surface area contributed by atoms with Gasteiger partial charge in [0.15, 0.2) is 11.5 Å². The molecular formula is C22H28N2O6S. The summed E-state index contributed by atoms with van der Waals surface area (Å²) in [6, 6.07) is 14.8. The lowest BCUT2D eigenvalue weighted by Crippen LogP contribution is -2.32. The van der Waals surface area contributed by atoms with Gasteiger partial charge < -0.3 is 19.5 Å². The lowest BCUT2D eigenvalue weighted by molar-refractivity contribution is -0.121. The summed E-state index contributed by atoms with van der Waals surface area (Å²) in [7, 11) is -3.51. The molecule has 1 heterocycles. The van der Waals surface area contributed by atoms with Crippen molar-refractivity contribution in [2.45, 2.75) is 19.4 Å². The summed E-state index contributed by atoms with van der Waals surface area (Å²) in [4.78, 5) is 12.1. The number of ether oxygens (including phenoxy) is 3. The van der Waals surface area contributed by atoms with E-state index < -0.39 is 10.0 Å². The smallest absolute Gasteiger partial charge is 0.232 e. The molecule has 3 rings (SSSR count). The van der Waals surface area contributed by atoms with Crippen LogP contribution in [-0.2, 0) is 26.2 Å². The number of carbonyl (C=O) groups excluding carboxylic acids is 1. The first-order chi connectivity index (χ1) is 14.9. The quantitative estimate of drug-likeness (QED) is 0.531. The maximum Gasteiger partial charge on any atom is 0.232 e. The van der Waals surface area contributed by atoms with E-state index in [9.17, 15) is 13.2 Å². The number of amides is 1. The van der Waals surface area contributed by atoms with E-state index in [1.807, 2.05) is 30.3 Å². The van der Waals surface area contributed by atoms with E-state index in [-0.39, 0.29) is 18.9 Å². The molecule has 0 saturated carbocycles. The average molecular weight is 449 g/mol. The topological polar surface area (TPSA) is 94.2 Å². The van der Waals surface area contributed by atoms with Crippen LogP contribution < -0.4 is 19.1 Å². The average Bonchev–Trinajstić information content (AvgIpc) is 2.76. The van der Waals surface area contributed by atoms with E-state index >= 15 is 0 Å². The Bertz CT molecular complexity index is 965. The van der Waals surface area contributed by atoms with Gasteiger partial charge in [-0.25, -0.2) is 8.42 Å². The molecule has 0 radical (unpaired) electrons. The van der Waals surface area contributed by atoms with Gasteiger partial charge in [0.05, 0.1) is 25.2 Å². The van der Waals surface area contributed by atoms with Gasteiger partial charge in [-0.3, -0.25) is 9.10 Å². The lowest BCUT2D eigenvalue weighted by Gasteiger charge is -2.25. The first-order valence-electron chi connectivity index (χ1n) is 10.2. The minimum Gasteiger partial charge on any atom is -0.486 e. The molecular weight excluding hydrogens is 420 g/mol. The van der Waals surface area contributed by atoms with E-state index in [1.54, 1.807) is 18.2 Å². The van der Waals surface area contributed by atoms with E-state index in [1.165, 1.54) is 4.31 Å². The molecule has 1 aliphatic heterocycles. The Hall–Kier alpha value is -2.78. The van der Waals surface area contributed by atoms with Crippen LogP contribution in [0.3, 0.4) is 0 Å². The highest BCUT2D eigenvalue weighted by atomic mass is 32.2. The number of nitrogens with zero attached hydrogens (tertiary/aromatic N) is 1. The Kier molecular flexibility index (Phi) is 8.13. The van der Waals surface area contributed by atoms with Crippen LogP contribution in [0.15, 0.2) is 48.5 Å². The number of fused-ring (bicyclic) bond motifs is 1. The molecule has 1 amide bonds. The van der Waals surface area contributed by atoms with Crippen molar-refractivity contribution in [3.8, 4) is 11.5 Å². The van der Waals surface area contributed by atoms with Crippen LogP contribution >= 0.6 is 0 Å². The van der Waals surface area contributed by atoms with Gasteiger partial charge in [-0.2, -0.15) is 0 Å². The van der Waals surface area contributed by atoms with Crippen LogP contribution in [0.25, 0.3) is 0 Å². The number of carbonyl (C=O) groups is 1. The van der Waals surface area contributed by atoms with Crippen LogP contribution in [-0.4, -0.2) is 53.5 Å². The third kappa shape index (κ3) is 7.15. The molecule has 8 nitrogen and oxygen atoms in total. The molecule has 0 aromatic heterocycles. The van der Waals surface area contributed by atoms with E-state index in [0.29, 0.717) is 56.6 Å². The second kappa shape index (κ2) is 11.0. The van der Waals surface area contributed by atoms with Crippen molar-refractivity contribution < 1.29 is 27.4 Å². The number of benzene rings is 2. The number of nitrogens with one attached hydrogen (secondary N) is 1. The summed E-state index contributed by atoms with van der Waals surface area (Å²) in [5, 5.41) is 2.79. The summed E-state index contributed by atoms with van der Waals surface area (Å²) in [6.45, 7) is 2.39. The fourth-order valence-electron chi connectivity index (χ4n) is 3.17. The van der Waals surface area contributed by atoms with E-state index in [4.69, 9.17) is 14.2 Å². The molecule has 0 unspecified atom stereocenters. The number of hydrogen-bond acceptors (Lipinski definition) is 6. The van der Waals surface area contributed by atoms with Crippen molar-refractivity contribution >= 4 is 21.6 Å². The predicted molar refractivity (Wildman–Crippen MR) is 118 cm³/mol. The van der Waals surface area contributed by atoms with Gasteiger partial charge in [-0.05, 0) is 24.1 Å². The Balaban J connectivity index is 1.42. The highest BCUT2D eigenvalue weighted by Crippen LogP contribution is 2.34. The van der Waals surface area contributed by atoms with Crippen LogP contribution in [0.5, 0.6) is 11.5 Å². The maximum atomic E-state index is 12.3. The number of rotatable bonds is 11. The second-order valence-corrected chi connectivity index (χ2v) is 9.06. The zero-order chi connectivity index (χ0) is 22.1. The number of anilines is 1. The highest BCUT2D eigenvalue weighted by molar-refractivity contribution is 7.92. The SMILES string of the molecule is CS(=O)(=O)N(CCCC(=O)NCCOCc1ccccc1)c1ccc2c(c1)OCCO2. The second-order valence-electron chi connectivity index (χ2n) is 7.15. The van der Waals surface area contributed by atoms with Gasteiger partial charge in [0.25, 0.3) is 0 Å². The van der Waals surface area contributed by atoms with Crippen molar-refractivity contribution in [2.24, 2.45) is 0 Å². The number of sulfonamides is 1. The molecule has 0 aliphatic carbocycles. The van der Waals surface area contributed by atoms with Crippen molar-refractivity contribution in [1.82, 2.24) is 5.32 Å². The molecule has 9 heteroatoms. The third-order valence-corrected chi connectivity index (χ3v) is 5.85. The fraction of sp³-hybridized carbons (Fsp3) is 0.409. The molecule has 1 N–H and O–H groups in total. The molecule has 0 fully saturated rings. The summed E-state index contributed by atoms with van der Waals surface area (Å²) in [5.41, 5.74) is 1.57. The van der Waals surface area contributed by atoms with Crippen molar-refractivity contribution in [1.29, 1.82) is 0 Å². The Labute approximate surface area is 183 Å². The predicted octanol–water partition coefficient (Wildman–Crippen LogP) is 2.34. The monoisotopic (exact) mass is 448 g/mol. The third-order valence-electron chi connectivity index (χ3n) is 4.66. The van der Waals surface area contributed by atoms with Crippen molar-refractivity contribution in [3.63, 3.8) is 0 Å². The van der Waals surface area contributed by atoms with Gasteiger partial charge in [-0.15, -0.1) is 0 Å². The summed E-state index contributed by atoms with van der Waals surface area (Å²) in [5.74, 6) is 0.974. The molecule has 31 heavy (non-hydrogen) atoms. The first-order valence-corrected chi connectivity index (χ1v) is 12.0. The summed E-state index contributed by atoms with van der Waals surface area (Å²) >= 11 is 0. The van der Waals surface area contributed by atoms with Gasteiger partial charge in [0, 0.05) is 25.6 Å². The zero-order valence-corrected chi connectivity index (χ0v) is 18.4. The van der Waals surface area contributed by atoms with E-state index in [0.717, 1.165) is 11.8 Å². The molecule has 0 bridgehead atoms. The van der Waals surface area contributed by atoms with Gasteiger partial charge in [0.2, 0.25) is 15.9 Å². The first kappa shape index (κ1) is 22.9. The van der Waals surface area contributed by atoms with Crippen LogP contribution in [0, 0.1) is 0 Å². The van der Waals surface area contributed by atoms with Crippen molar-refractivity contribution in [3.05, 3.63) is 54.1 Å². The molecule has 1 aliphatic rings.